The van der Waals surface area contributed by atoms with Crippen molar-refractivity contribution in [1.29, 1.82) is 0 Å². The largest absolute Gasteiger partial charge is 0.488 e. The molecule has 0 radical (unpaired) electrons. The van der Waals surface area contributed by atoms with Gasteiger partial charge in [0.1, 0.15) is 35.9 Å². The molecule has 1 aromatic heterocycles. The van der Waals surface area contributed by atoms with Crippen LogP contribution in [0.3, 0.4) is 0 Å². The maximum Gasteiger partial charge on any atom is 0.329 e. The van der Waals surface area contributed by atoms with Crippen molar-refractivity contribution in [2.45, 2.75) is 186 Å². The number of amides is 1. The van der Waals surface area contributed by atoms with E-state index < -0.39 is 77.8 Å². The zero-order chi connectivity index (χ0) is 49.0. The molecule has 2 saturated carbocycles. The zero-order valence-corrected chi connectivity index (χ0v) is 41.9. The first kappa shape index (κ1) is 51.9. The summed E-state index contributed by atoms with van der Waals surface area (Å²) in [5.74, 6) is -6.66. The maximum absolute atomic E-state index is 14.6. The quantitative estimate of drug-likeness (QED) is 0.142. The summed E-state index contributed by atoms with van der Waals surface area (Å²) in [5, 5.41) is 25.2. The minimum atomic E-state index is -2.51. The van der Waals surface area contributed by atoms with Gasteiger partial charge in [0, 0.05) is 75.2 Å². The molecule has 14 heteroatoms. The molecule has 1 aromatic carbocycles. The molecule has 68 heavy (non-hydrogen) atoms. The number of ether oxygens (including phenoxy) is 6. The smallest absolute Gasteiger partial charge is 0.329 e. The number of aromatic nitrogens is 1. The first-order valence-corrected chi connectivity index (χ1v) is 25.4. The number of benzene rings is 1. The number of piperidine rings is 1. The Kier molecular flexibility index (Phi) is 17.1. The average Bonchev–Trinajstić information content (AvgIpc) is 4.09. The number of aliphatic hydroxyl groups excluding tert-OH is 1. The number of hydrogen-bond donors (Lipinski definition) is 2. The van der Waals surface area contributed by atoms with Gasteiger partial charge in [-0.05, 0) is 133 Å². The van der Waals surface area contributed by atoms with Crippen LogP contribution in [-0.2, 0) is 42.9 Å². The number of cyclic esters (lactones) is 1. The summed E-state index contributed by atoms with van der Waals surface area (Å²) in [7, 11) is 4.78. The summed E-state index contributed by atoms with van der Waals surface area (Å²) in [6.07, 6.45) is 9.30. The van der Waals surface area contributed by atoms with Gasteiger partial charge in [-0.25, -0.2) is 4.79 Å². The number of aliphatic hydroxyl groups is 2. The van der Waals surface area contributed by atoms with Crippen molar-refractivity contribution in [3.8, 4) is 5.75 Å². The number of nitrogens with zero attached hydrogens (tertiary/aromatic N) is 2. The second-order valence-corrected chi connectivity index (χ2v) is 20.9. The Labute approximate surface area is 403 Å². The van der Waals surface area contributed by atoms with Crippen LogP contribution in [0, 0.1) is 29.6 Å². The Morgan fingerprint density at radius 2 is 1.60 bits per heavy atom. The highest BCUT2D eigenvalue weighted by molar-refractivity contribution is 6.39. The third-order valence-electron chi connectivity index (χ3n) is 15.8. The summed E-state index contributed by atoms with van der Waals surface area (Å²) in [6, 6.07) is 7.85. The van der Waals surface area contributed by atoms with E-state index in [0.717, 1.165) is 29.6 Å². The molecule has 7 rings (SSSR count). The lowest BCUT2D eigenvalue weighted by molar-refractivity contribution is -0.302. The van der Waals surface area contributed by atoms with Gasteiger partial charge in [-0.2, -0.15) is 0 Å². The summed E-state index contributed by atoms with van der Waals surface area (Å²) in [5.41, 5.74) is 2.91. The number of allylic oxidation sites excluding steroid dienone is 3. The molecule has 5 aliphatic rings. The van der Waals surface area contributed by atoms with Crippen LogP contribution >= 0.6 is 0 Å². The zero-order valence-electron chi connectivity index (χ0n) is 41.9. The van der Waals surface area contributed by atoms with Gasteiger partial charge in [-0.3, -0.25) is 14.4 Å². The molecular formula is C54H78N2O12. The molecule has 3 aliphatic heterocycles. The Bertz CT molecular complexity index is 2160. The second-order valence-electron chi connectivity index (χ2n) is 20.9. The molecule has 2 aliphatic carbocycles. The number of Topliss-reactive ketones (excluding diaryl/α,β-unsaturated/α-hetero) is 2. The van der Waals surface area contributed by atoms with Crippen molar-refractivity contribution in [2.24, 2.45) is 29.6 Å². The first-order chi connectivity index (χ1) is 32.5. The minimum absolute atomic E-state index is 0.0208. The highest BCUT2D eigenvalue weighted by atomic mass is 16.7. The fourth-order valence-corrected chi connectivity index (χ4v) is 11.6. The molecule has 2 bridgehead atoms. The van der Waals surface area contributed by atoms with Gasteiger partial charge in [-0.1, -0.05) is 45.4 Å². The lowest BCUT2D eigenvalue weighted by Crippen LogP contribution is -2.64. The average molecular weight is 947 g/mol. The number of hydrogen-bond acceptors (Lipinski definition) is 12. The maximum atomic E-state index is 14.6. The molecular weight excluding hydrogens is 869 g/mol. The first-order valence-electron chi connectivity index (χ1n) is 25.4. The highest BCUT2D eigenvalue weighted by Gasteiger charge is 2.56. The summed E-state index contributed by atoms with van der Waals surface area (Å²) >= 11 is 0. The molecule has 14 nitrogen and oxygen atoms in total. The van der Waals surface area contributed by atoms with Crippen LogP contribution in [0.5, 0.6) is 5.75 Å². The number of rotatable bonds is 9. The van der Waals surface area contributed by atoms with Crippen LogP contribution in [-0.4, -0.2) is 126 Å². The Hall–Kier alpha value is -3.92. The number of carbonyl (C=O) groups is 4. The molecule has 376 valence electrons. The van der Waals surface area contributed by atoms with Crippen molar-refractivity contribution >= 4 is 34.3 Å². The summed E-state index contributed by atoms with van der Waals surface area (Å²) < 4.78 is 39.5. The van der Waals surface area contributed by atoms with Crippen molar-refractivity contribution in [3.63, 3.8) is 0 Å². The van der Waals surface area contributed by atoms with E-state index in [9.17, 15) is 29.4 Å². The van der Waals surface area contributed by atoms with Crippen LogP contribution in [0.2, 0.25) is 0 Å². The van der Waals surface area contributed by atoms with Crippen LogP contribution in [0.25, 0.3) is 10.9 Å². The third kappa shape index (κ3) is 11.5. The van der Waals surface area contributed by atoms with Crippen molar-refractivity contribution < 1.29 is 57.8 Å². The topological polar surface area (TPSA) is 172 Å². The van der Waals surface area contributed by atoms with Crippen molar-refractivity contribution in [1.82, 2.24) is 9.47 Å². The fraction of sp³-hybridized carbons (Fsp3) is 0.704. The number of carbonyl (C=O) groups excluding carboxylic acids is 4. The van der Waals surface area contributed by atoms with Crippen LogP contribution in [0.4, 0.5) is 0 Å². The predicted molar refractivity (Wildman–Crippen MR) is 257 cm³/mol. The van der Waals surface area contributed by atoms with E-state index >= 15 is 0 Å². The fourth-order valence-electron chi connectivity index (χ4n) is 11.6. The van der Waals surface area contributed by atoms with Gasteiger partial charge < -0.3 is 48.1 Å². The van der Waals surface area contributed by atoms with Gasteiger partial charge in [0.25, 0.3) is 11.7 Å². The van der Waals surface area contributed by atoms with E-state index in [1.54, 1.807) is 35.2 Å². The monoisotopic (exact) mass is 947 g/mol. The number of methoxy groups -OCH3 is 3. The Morgan fingerprint density at radius 1 is 0.882 bits per heavy atom. The highest BCUT2D eigenvalue weighted by Crippen LogP contribution is 2.41. The van der Waals surface area contributed by atoms with Gasteiger partial charge in [-0.15, -0.1) is 0 Å². The van der Waals surface area contributed by atoms with Crippen LogP contribution in [0.15, 0.2) is 53.8 Å². The van der Waals surface area contributed by atoms with Crippen molar-refractivity contribution in [2.75, 3.05) is 27.9 Å². The van der Waals surface area contributed by atoms with Gasteiger partial charge >= 0.3 is 5.97 Å². The molecule has 2 aromatic rings. The number of ketones is 2. The van der Waals surface area contributed by atoms with E-state index in [2.05, 4.69) is 42.0 Å². The van der Waals surface area contributed by atoms with E-state index in [1.165, 1.54) is 23.3 Å². The molecule has 0 spiro atoms. The van der Waals surface area contributed by atoms with Crippen molar-refractivity contribution in [3.05, 3.63) is 53.8 Å². The lowest BCUT2D eigenvalue weighted by Gasteiger charge is -2.47. The molecule has 4 heterocycles. The van der Waals surface area contributed by atoms with E-state index in [4.69, 9.17) is 28.4 Å². The standard InChI is InChI=1S/C54H78N2O12/c1-10-37-24-31(2)23-32(3)25-47(64-8)50-48(65-9)27-34(5)54(62,68-50)51(59)52(60)56-21-12-11-13-42(56)53(61)67-49(35(6)43(57)30-44(37)58)33(4)26-36-14-19-45(46(28-36)63-7)66-40-17-18-41-38(29-40)20-22-55(41)39-15-16-39/h17-18,20,22,24,26,29,32,34-37,39,42-43,45-50,57,62H,10-16,19,21,23,25,27-28,30H2,1-9H3/b31-24+,33-26?. The van der Waals surface area contributed by atoms with Crippen LogP contribution in [0.1, 0.15) is 131 Å². The molecule has 14 unspecified atom stereocenters. The predicted octanol–water partition coefficient (Wildman–Crippen LogP) is 7.85. The molecule has 2 N–H and O–H groups in total. The van der Waals surface area contributed by atoms with Gasteiger partial charge in [0.2, 0.25) is 5.79 Å². The van der Waals surface area contributed by atoms with E-state index in [-0.39, 0.29) is 55.6 Å². The molecule has 2 saturated heterocycles. The number of fused-ring (bicyclic) bond motifs is 4. The summed E-state index contributed by atoms with van der Waals surface area (Å²) in [6.45, 7) is 11.4. The molecule has 4 fully saturated rings. The minimum Gasteiger partial charge on any atom is -0.488 e. The Balaban J connectivity index is 1.16. The summed E-state index contributed by atoms with van der Waals surface area (Å²) in [4.78, 5) is 58.6. The van der Waals surface area contributed by atoms with E-state index in [0.29, 0.717) is 50.1 Å². The van der Waals surface area contributed by atoms with Gasteiger partial charge in [0.05, 0.1) is 24.4 Å². The normalized spacial score (nSPS) is 37.5. The van der Waals surface area contributed by atoms with Crippen LogP contribution < -0.4 is 4.74 Å². The number of esters is 1. The SMILES string of the molecule is CCC1/C=C(\C)CC(C)CC(OC)C2OC(O)(C(=O)C(=O)N3CCCCC3C(=O)OC(C(C)=CC3CCC(Oc4ccc5c(ccn5C5CC5)c4)C(OC)C3)C(C)C(O)CC1=O)C(C)CC2OC. The molecule has 14 atom stereocenters. The lowest BCUT2D eigenvalue weighted by atomic mass is 9.81. The molecule has 1 amide bonds. The Morgan fingerprint density at radius 3 is 2.29 bits per heavy atom. The third-order valence-corrected chi connectivity index (χ3v) is 15.8. The van der Waals surface area contributed by atoms with E-state index in [1.807, 2.05) is 32.9 Å². The van der Waals surface area contributed by atoms with Gasteiger partial charge in [0.15, 0.2) is 0 Å². The second kappa shape index (κ2) is 22.4.